The van der Waals surface area contributed by atoms with Gasteiger partial charge in [0.05, 0.1) is 35.6 Å². The summed E-state index contributed by atoms with van der Waals surface area (Å²) in [4.78, 5) is 12.8. The van der Waals surface area contributed by atoms with Gasteiger partial charge in [0.15, 0.2) is 12.6 Å². The molecule has 14 nitrogen and oxygen atoms in total. The third-order valence-electron chi connectivity index (χ3n) is 17.0. The topological polar surface area (TPSA) is 225 Å². The van der Waals surface area contributed by atoms with Gasteiger partial charge in [0.2, 0.25) is 0 Å². The third kappa shape index (κ3) is 7.84. The van der Waals surface area contributed by atoms with Crippen LogP contribution in [0.5, 0.6) is 0 Å². The van der Waals surface area contributed by atoms with Crippen molar-refractivity contribution in [3.8, 4) is 0 Å². The fourth-order valence-electron chi connectivity index (χ4n) is 13.9. The summed E-state index contributed by atoms with van der Waals surface area (Å²) in [5.41, 5.74) is -3.84. The minimum Gasteiger partial charge on any atom is -0.459 e. The van der Waals surface area contributed by atoms with E-state index in [0.717, 1.165) is 25.7 Å². The summed E-state index contributed by atoms with van der Waals surface area (Å²) in [6, 6.07) is 0. The molecule has 0 bridgehead atoms. The lowest BCUT2D eigenvalue weighted by Gasteiger charge is -2.72. The van der Waals surface area contributed by atoms with Crippen LogP contribution in [0.2, 0.25) is 0 Å². The lowest BCUT2D eigenvalue weighted by Crippen LogP contribution is -2.71. The molecule has 0 radical (unpaired) electrons. The standard InChI is InChI=1S/C44H76O14/c1-21-29(46)31(48)33(50)37(54-21)57-26-19-25-24(44(11,53)16-12-15-39(4,5)52)13-17-42(25,9)43(10)18-14-28-40(6,7)36(56-23(3)45)27(20-41(28,8)35(26)43)58-38-34(51)32(49)30(47)22(2)55-38/h21-22,24-38,46-53H,12-20H2,1-11H3. The van der Waals surface area contributed by atoms with Crippen LogP contribution in [0.3, 0.4) is 0 Å². The summed E-state index contributed by atoms with van der Waals surface area (Å²) in [6.45, 7) is 21.1. The van der Waals surface area contributed by atoms with Gasteiger partial charge in [0.1, 0.15) is 42.7 Å². The Morgan fingerprint density at radius 2 is 1.24 bits per heavy atom. The average Bonchev–Trinajstić information content (AvgIpc) is 3.46. The first-order valence-corrected chi connectivity index (χ1v) is 21.9. The molecule has 6 fully saturated rings. The number of aliphatic hydroxyl groups is 8. The van der Waals surface area contributed by atoms with Crippen LogP contribution >= 0.6 is 0 Å². The molecule has 4 aliphatic carbocycles. The molecule has 21 atom stereocenters. The molecule has 0 spiro atoms. The Kier molecular flexibility index (Phi) is 12.8. The highest BCUT2D eigenvalue weighted by Gasteiger charge is 2.74. The van der Waals surface area contributed by atoms with Crippen LogP contribution in [0.1, 0.15) is 134 Å². The lowest BCUT2D eigenvalue weighted by molar-refractivity contribution is -0.352. The van der Waals surface area contributed by atoms with E-state index in [1.165, 1.54) is 6.92 Å². The summed E-state index contributed by atoms with van der Waals surface area (Å²) in [5.74, 6) is -0.826. The molecule has 0 aromatic carbocycles. The minimum atomic E-state index is -1.57. The molecule has 2 aliphatic heterocycles. The zero-order valence-corrected chi connectivity index (χ0v) is 36.7. The van der Waals surface area contributed by atoms with E-state index >= 15 is 0 Å². The summed E-state index contributed by atoms with van der Waals surface area (Å²) in [6.07, 6.45) is -9.24. The number of carbonyl (C=O) groups excluding carboxylic acids is 1. The first-order valence-electron chi connectivity index (χ1n) is 21.9. The maximum absolute atomic E-state index is 12.8. The molecule has 6 rings (SSSR count). The Balaban J connectivity index is 1.43. The van der Waals surface area contributed by atoms with Crippen molar-refractivity contribution in [3.63, 3.8) is 0 Å². The van der Waals surface area contributed by atoms with Crippen molar-refractivity contribution in [2.45, 2.75) is 225 Å². The van der Waals surface area contributed by atoms with Crippen molar-refractivity contribution in [2.24, 2.45) is 45.3 Å². The highest BCUT2D eigenvalue weighted by molar-refractivity contribution is 5.66. The van der Waals surface area contributed by atoms with E-state index in [1.54, 1.807) is 27.7 Å². The molecule has 14 heteroatoms. The zero-order valence-electron chi connectivity index (χ0n) is 36.7. The molecule has 2 saturated heterocycles. The quantitative estimate of drug-likeness (QED) is 0.117. The molecular weight excluding hydrogens is 752 g/mol. The Hall–Kier alpha value is -1.01. The summed E-state index contributed by atoms with van der Waals surface area (Å²) in [7, 11) is 0. The van der Waals surface area contributed by atoms with Gasteiger partial charge in [-0.05, 0) is 132 Å². The summed E-state index contributed by atoms with van der Waals surface area (Å²) in [5, 5.41) is 87.9. The lowest BCUT2D eigenvalue weighted by atomic mass is 9.34. The summed E-state index contributed by atoms with van der Waals surface area (Å²) < 4.78 is 31.9. The second kappa shape index (κ2) is 16.0. The number of aliphatic hydroxyl groups excluding tert-OH is 6. The number of fused-ring (bicyclic) bond motifs is 5. The fourth-order valence-corrected chi connectivity index (χ4v) is 13.9. The van der Waals surface area contributed by atoms with Crippen LogP contribution in [0.4, 0.5) is 0 Å². The SMILES string of the molecule is CC(=O)OC1C(OC2OC(C)C(O)C(O)C2O)CC2(C)C(CCC3(C)C2C(OC2OC(C)C(O)C(O)C2O)CC2C(C(C)(O)CCCC(C)(C)O)CCC23C)C1(C)C. The zero-order chi connectivity index (χ0) is 43.3. The predicted octanol–water partition coefficient (Wildman–Crippen LogP) is 2.94. The number of hydrogen-bond donors (Lipinski definition) is 8. The van der Waals surface area contributed by atoms with Gasteiger partial charge in [-0.1, -0.05) is 34.6 Å². The smallest absolute Gasteiger partial charge is 0.303 e. The van der Waals surface area contributed by atoms with Crippen molar-refractivity contribution in [1.82, 2.24) is 0 Å². The maximum Gasteiger partial charge on any atom is 0.303 e. The first-order chi connectivity index (χ1) is 26.6. The van der Waals surface area contributed by atoms with Crippen LogP contribution in [0, 0.1) is 45.3 Å². The minimum absolute atomic E-state index is 0.00217. The van der Waals surface area contributed by atoms with Gasteiger partial charge in [0, 0.05) is 12.3 Å². The van der Waals surface area contributed by atoms with Crippen LogP contribution in [-0.4, -0.2) is 138 Å². The molecule has 4 saturated carbocycles. The van der Waals surface area contributed by atoms with Gasteiger partial charge in [-0.3, -0.25) is 4.79 Å². The average molecular weight is 829 g/mol. The van der Waals surface area contributed by atoms with Crippen molar-refractivity contribution >= 4 is 5.97 Å². The van der Waals surface area contributed by atoms with E-state index in [4.69, 9.17) is 23.7 Å². The Bertz CT molecular complexity index is 1470. The van der Waals surface area contributed by atoms with E-state index in [9.17, 15) is 45.6 Å². The Morgan fingerprint density at radius 3 is 1.76 bits per heavy atom. The largest absolute Gasteiger partial charge is 0.459 e. The number of esters is 1. The van der Waals surface area contributed by atoms with Gasteiger partial charge in [-0.25, -0.2) is 0 Å². The molecule has 8 N–H and O–H groups in total. The van der Waals surface area contributed by atoms with Crippen LogP contribution in [-0.2, 0) is 28.5 Å². The normalized spacial score (nSPS) is 51.5. The molecule has 0 amide bonds. The number of rotatable bonds is 10. The maximum atomic E-state index is 12.8. The van der Waals surface area contributed by atoms with Gasteiger partial charge in [-0.15, -0.1) is 0 Å². The number of hydrogen-bond acceptors (Lipinski definition) is 14. The Labute approximate surface area is 344 Å². The monoisotopic (exact) mass is 829 g/mol. The first kappa shape index (κ1) is 46.5. The van der Waals surface area contributed by atoms with Crippen molar-refractivity contribution in [2.75, 3.05) is 0 Å². The number of ether oxygens (including phenoxy) is 5. The molecule has 6 aliphatic rings. The van der Waals surface area contributed by atoms with Crippen molar-refractivity contribution < 1.29 is 69.3 Å². The highest BCUT2D eigenvalue weighted by atomic mass is 16.7. The van der Waals surface area contributed by atoms with Gasteiger partial charge in [0.25, 0.3) is 0 Å². The molecule has 21 unspecified atom stereocenters. The second-order valence-corrected chi connectivity index (χ2v) is 21.7. The summed E-state index contributed by atoms with van der Waals surface area (Å²) >= 11 is 0. The van der Waals surface area contributed by atoms with E-state index < -0.39 is 113 Å². The predicted molar refractivity (Wildman–Crippen MR) is 211 cm³/mol. The van der Waals surface area contributed by atoms with E-state index in [-0.39, 0.29) is 29.1 Å². The van der Waals surface area contributed by atoms with Crippen molar-refractivity contribution in [3.05, 3.63) is 0 Å². The Morgan fingerprint density at radius 1 is 0.724 bits per heavy atom. The van der Waals surface area contributed by atoms with Gasteiger partial charge >= 0.3 is 5.97 Å². The molecular formula is C44H76O14. The van der Waals surface area contributed by atoms with Gasteiger partial charge < -0.3 is 64.5 Å². The second-order valence-electron chi connectivity index (χ2n) is 21.7. The van der Waals surface area contributed by atoms with Crippen molar-refractivity contribution in [1.29, 1.82) is 0 Å². The molecule has 58 heavy (non-hydrogen) atoms. The van der Waals surface area contributed by atoms with Crippen LogP contribution in [0.15, 0.2) is 0 Å². The van der Waals surface area contributed by atoms with Crippen LogP contribution < -0.4 is 0 Å². The molecule has 2 heterocycles. The van der Waals surface area contributed by atoms with Crippen LogP contribution in [0.25, 0.3) is 0 Å². The molecule has 336 valence electrons. The van der Waals surface area contributed by atoms with E-state index in [1.807, 2.05) is 6.92 Å². The number of carbonyl (C=O) groups is 1. The highest BCUT2D eigenvalue weighted by Crippen LogP contribution is 2.76. The van der Waals surface area contributed by atoms with E-state index in [0.29, 0.717) is 32.1 Å². The molecule has 0 aromatic heterocycles. The van der Waals surface area contributed by atoms with Gasteiger partial charge in [-0.2, -0.15) is 0 Å². The molecule has 0 aromatic rings. The van der Waals surface area contributed by atoms with E-state index in [2.05, 4.69) is 34.6 Å². The fraction of sp³-hybridized carbons (Fsp3) is 0.977. The third-order valence-corrected chi connectivity index (χ3v) is 17.0.